The zero-order chi connectivity index (χ0) is 25.4. The van der Waals surface area contributed by atoms with Crippen molar-refractivity contribution in [3.05, 3.63) is 74.4 Å². The van der Waals surface area contributed by atoms with Gasteiger partial charge in [-0.3, -0.25) is 10.1 Å². The number of nitrogens with zero attached hydrogens (tertiary/aromatic N) is 2. The van der Waals surface area contributed by atoms with Crippen molar-refractivity contribution >= 4 is 63.7 Å². The minimum atomic E-state index is -1.66. The van der Waals surface area contributed by atoms with Crippen molar-refractivity contribution in [2.45, 2.75) is 0 Å². The second-order valence-electron chi connectivity index (χ2n) is 7.44. The highest BCUT2D eigenvalue weighted by atomic mass is 35.5. The lowest BCUT2D eigenvalue weighted by atomic mass is 10.2. The number of nitrogens with one attached hydrogen (secondary N) is 1. The number of furan rings is 1. The molecule has 2 heterocycles. The fourth-order valence-electron chi connectivity index (χ4n) is 3.51. The highest BCUT2D eigenvalue weighted by molar-refractivity contribution is 7.80. The number of halogens is 7. The molecule has 1 aliphatic heterocycles. The van der Waals surface area contributed by atoms with Gasteiger partial charge in [0.2, 0.25) is 0 Å². The summed E-state index contributed by atoms with van der Waals surface area (Å²) in [5.41, 5.74) is -0.226. The molecule has 0 aliphatic carbocycles. The number of hydrogen-bond donors (Lipinski definition) is 1. The van der Waals surface area contributed by atoms with Gasteiger partial charge in [-0.1, -0.05) is 34.8 Å². The maximum atomic E-state index is 14.2. The fraction of sp³-hybridized carbons (Fsp3) is 0.182. The van der Waals surface area contributed by atoms with Crippen LogP contribution in [-0.4, -0.2) is 42.1 Å². The summed E-state index contributed by atoms with van der Waals surface area (Å²) in [6.45, 7) is 0.201. The third kappa shape index (κ3) is 5.06. The molecule has 1 amide bonds. The maximum Gasteiger partial charge on any atom is 0.293 e. The number of anilines is 1. The summed E-state index contributed by atoms with van der Waals surface area (Å²) in [6, 6.07) is 7.93. The molecule has 1 N–H and O–H groups in total. The van der Waals surface area contributed by atoms with Crippen LogP contribution in [0.4, 0.5) is 23.2 Å². The number of amides is 1. The molecule has 0 spiro atoms. The number of benzene rings is 2. The van der Waals surface area contributed by atoms with E-state index in [4.69, 9.17) is 51.4 Å². The lowest BCUT2D eigenvalue weighted by Gasteiger charge is -2.37. The van der Waals surface area contributed by atoms with Gasteiger partial charge < -0.3 is 14.2 Å². The molecular weight excluding hydrogens is 553 g/mol. The summed E-state index contributed by atoms with van der Waals surface area (Å²) in [6.07, 6.45) is 0. The SMILES string of the molecule is O=C(NC(=S)N1CCN(c2c(F)c(F)c(Cl)c(F)c2F)CC1)c1ccc(-c2ccc(Cl)c(Cl)c2)o1. The maximum absolute atomic E-state index is 14.2. The summed E-state index contributed by atoms with van der Waals surface area (Å²) >= 11 is 22.5. The highest BCUT2D eigenvalue weighted by Crippen LogP contribution is 2.34. The van der Waals surface area contributed by atoms with Crippen LogP contribution >= 0.6 is 47.0 Å². The Morgan fingerprint density at radius 1 is 0.886 bits per heavy atom. The average molecular weight is 567 g/mol. The van der Waals surface area contributed by atoms with E-state index in [0.29, 0.717) is 21.4 Å². The van der Waals surface area contributed by atoms with Gasteiger partial charge in [0, 0.05) is 31.7 Å². The van der Waals surface area contributed by atoms with Gasteiger partial charge in [0.05, 0.1) is 10.0 Å². The summed E-state index contributed by atoms with van der Waals surface area (Å²) in [5.74, 6) is -6.71. The van der Waals surface area contributed by atoms with Crippen LogP contribution in [0.1, 0.15) is 10.6 Å². The molecule has 0 saturated carbocycles. The number of piperazine rings is 1. The third-order valence-corrected chi connectivity index (χ3v) is 6.76. The molecule has 1 aromatic heterocycles. The lowest BCUT2D eigenvalue weighted by molar-refractivity contribution is 0.0946. The van der Waals surface area contributed by atoms with E-state index in [0.717, 1.165) is 4.90 Å². The van der Waals surface area contributed by atoms with E-state index < -0.39 is 39.9 Å². The normalized spacial score (nSPS) is 13.8. The van der Waals surface area contributed by atoms with Gasteiger partial charge in [-0.2, -0.15) is 0 Å². The van der Waals surface area contributed by atoms with Crippen LogP contribution in [0.25, 0.3) is 11.3 Å². The second kappa shape index (κ2) is 10.2. The van der Waals surface area contributed by atoms with Crippen LogP contribution in [0, 0.1) is 23.3 Å². The van der Waals surface area contributed by atoms with Crippen LogP contribution in [0.5, 0.6) is 0 Å². The van der Waals surface area contributed by atoms with Gasteiger partial charge in [0.15, 0.2) is 34.1 Å². The number of rotatable bonds is 3. The van der Waals surface area contributed by atoms with Crippen molar-refractivity contribution in [1.82, 2.24) is 10.2 Å². The Morgan fingerprint density at radius 2 is 1.51 bits per heavy atom. The number of carbonyl (C=O) groups excluding carboxylic acids is 1. The van der Waals surface area contributed by atoms with Gasteiger partial charge in [-0.05, 0) is 42.5 Å². The van der Waals surface area contributed by atoms with Gasteiger partial charge >= 0.3 is 0 Å². The molecule has 13 heteroatoms. The summed E-state index contributed by atoms with van der Waals surface area (Å²) < 4.78 is 61.7. The van der Waals surface area contributed by atoms with Crippen LogP contribution in [0.2, 0.25) is 15.1 Å². The Kier molecular flexibility index (Phi) is 7.46. The van der Waals surface area contributed by atoms with Crippen molar-refractivity contribution in [1.29, 1.82) is 0 Å². The van der Waals surface area contributed by atoms with E-state index in [1.165, 1.54) is 6.07 Å². The first kappa shape index (κ1) is 25.6. The van der Waals surface area contributed by atoms with Crippen molar-refractivity contribution < 1.29 is 26.8 Å². The molecule has 0 unspecified atom stereocenters. The fourth-order valence-corrected chi connectivity index (χ4v) is 4.25. The summed E-state index contributed by atoms with van der Waals surface area (Å²) in [4.78, 5) is 15.3. The molecule has 3 aromatic rings. The van der Waals surface area contributed by atoms with Gasteiger partial charge in [-0.15, -0.1) is 0 Å². The monoisotopic (exact) mass is 565 g/mol. The summed E-state index contributed by atoms with van der Waals surface area (Å²) in [5, 5.41) is 2.04. The molecule has 1 aliphatic rings. The molecule has 0 atom stereocenters. The van der Waals surface area contributed by atoms with Gasteiger partial charge in [0.1, 0.15) is 16.5 Å². The topological polar surface area (TPSA) is 48.7 Å². The summed E-state index contributed by atoms with van der Waals surface area (Å²) in [7, 11) is 0. The Morgan fingerprint density at radius 3 is 2.11 bits per heavy atom. The zero-order valence-electron chi connectivity index (χ0n) is 17.5. The first-order valence-corrected chi connectivity index (χ1v) is 11.5. The number of carbonyl (C=O) groups is 1. The van der Waals surface area contributed by atoms with Gasteiger partial charge in [0.25, 0.3) is 5.91 Å². The molecule has 2 aromatic carbocycles. The zero-order valence-corrected chi connectivity index (χ0v) is 20.6. The second-order valence-corrected chi connectivity index (χ2v) is 9.02. The quantitative estimate of drug-likeness (QED) is 0.175. The van der Waals surface area contributed by atoms with Crippen molar-refractivity contribution in [2.75, 3.05) is 31.1 Å². The van der Waals surface area contributed by atoms with E-state index >= 15 is 0 Å². The molecule has 35 heavy (non-hydrogen) atoms. The molecule has 1 fully saturated rings. The van der Waals surface area contributed by atoms with Crippen molar-refractivity contribution in [3.8, 4) is 11.3 Å². The third-order valence-electron chi connectivity index (χ3n) is 5.32. The Bertz CT molecular complexity index is 1300. The molecule has 0 bridgehead atoms. The average Bonchev–Trinajstić information content (AvgIpc) is 3.34. The molecule has 184 valence electrons. The van der Waals surface area contributed by atoms with E-state index in [-0.39, 0.29) is 37.1 Å². The molecule has 5 nitrogen and oxygen atoms in total. The molecule has 0 radical (unpaired) electrons. The highest BCUT2D eigenvalue weighted by Gasteiger charge is 2.30. The molecule has 1 saturated heterocycles. The molecular formula is C22H14Cl3F4N3O2S. The minimum absolute atomic E-state index is 0.0108. The number of thiocarbonyl (C=S) groups is 1. The van der Waals surface area contributed by atoms with Crippen LogP contribution in [0.3, 0.4) is 0 Å². The van der Waals surface area contributed by atoms with E-state index in [1.807, 2.05) is 0 Å². The first-order chi connectivity index (χ1) is 16.6. The van der Waals surface area contributed by atoms with E-state index in [1.54, 1.807) is 29.2 Å². The van der Waals surface area contributed by atoms with Crippen LogP contribution in [-0.2, 0) is 0 Å². The predicted octanol–water partition coefficient (Wildman–Crippen LogP) is 6.30. The smallest absolute Gasteiger partial charge is 0.293 e. The molecule has 4 rings (SSSR count). The van der Waals surface area contributed by atoms with Crippen LogP contribution < -0.4 is 10.2 Å². The predicted molar refractivity (Wildman–Crippen MR) is 129 cm³/mol. The minimum Gasteiger partial charge on any atom is -0.451 e. The van der Waals surface area contributed by atoms with Crippen LogP contribution in [0.15, 0.2) is 34.7 Å². The van der Waals surface area contributed by atoms with Crippen molar-refractivity contribution in [3.63, 3.8) is 0 Å². The largest absolute Gasteiger partial charge is 0.451 e. The standard InChI is InChI=1S/C22H14Cl3F4N3O2S/c23-11-2-1-10(9-12(11)24)13-3-4-14(34-13)21(33)30-22(35)32-7-5-31(6-8-32)20-18(28)16(26)15(25)17(27)19(20)29/h1-4,9H,5-8H2,(H,30,33,35). The Labute approximate surface area is 217 Å². The van der Waals surface area contributed by atoms with Gasteiger partial charge in [-0.25, -0.2) is 17.6 Å². The van der Waals surface area contributed by atoms with Crippen molar-refractivity contribution in [2.24, 2.45) is 0 Å². The number of hydrogen-bond acceptors (Lipinski definition) is 4. The van der Waals surface area contributed by atoms with E-state index in [2.05, 4.69) is 5.32 Å². The lowest BCUT2D eigenvalue weighted by Crippen LogP contribution is -2.53. The Hall–Kier alpha value is -2.53. The Balaban J connectivity index is 1.39. The first-order valence-electron chi connectivity index (χ1n) is 10.0. The van der Waals surface area contributed by atoms with E-state index in [9.17, 15) is 22.4 Å².